The number of aliphatic hydroxyl groups excluding tert-OH is 1. The maximum Gasteiger partial charge on any atom is 0.270 e. The quantitative estimate of drug-likeness (QED) is 0.381. The number of primary amides is 1. The fraction of sp³-hybridized carbons (Fsp3) is 0.423. The normalized spacial score (nSPS) is 22.4. The van der Waals surface area contributed by atoms with Crippen LogP contribution >= 0.6 is 11.8 Å². The number of carbonyl (C=O) groups is 2. The number of hydrogen-bond acceptors (Lipinski definition) is 7. The van der Waals surface area contributed by atoms with Crippen LogP contribution in [0.15, 0.2) is 47.0 Å². The fourth-order valence-electron chi connectivity index (χ4n) is 4.42. The third kappa shape index (κ3) is 6.05. The zero-order chi connectivity index (χ0) is 26.0. The molecule has 0 radical (unpaired) electrons. The van der Waals surface area contributed by atoms with E-state index >= 15 is 0 Å². The summed E-state index contributed by atoms with van der Waals surface area (Å²) in [6, 6.07) is 9.55. The third-order valence-corrected chi connectivity index (χ3v) is 7.82. The Bertz CT molecular complexity index is 1190. The van der Waals surface area contributed by atoms with Crippen LogP contribution in [0.1, 0.15) is 72.8 Å². The highest BCUT2D eigenvalue weighted by Gasteiger charge is 2.32. The Kier molecular flexibility index (Phi) is 7.67. The maximum atomic E-state index is 14.9. The summed E-state index contributed by atoms with van der Waals surface area (Å²) in [5.41, 5.74) is 5.85. The van der Waals surface area contributed by atoms with E-state index in [2.05, 4.69) is 15.6 Å². The average Bonchev–Trinajstić information content (AvgIpc) is 3.23. The van der Waals surface area contributed by atoms with Crippen LogP contribution in [0.25, 0.3) is 0 Å². The van der Waals surface area contributed by atoms with E-state index in [1.54, 1.807) is 44.2 Å². The first-order valence-corrected chi connectivity index (χ1v) is 12.8. The first-order valence-electron chi connectivity index (χ1n) is 12.0. The first-order chi connectivity index (χ1) is 17.0. The highest BCUT2D eigenvalue weighted by atomic mass is 32.2. The Morgan fingerprint density at radius 3 is 2.53 bits per heavy atom. The second-order valence-electron chi connectivity index (χ2n) is 9.79. The molecule has 1 atom stereocenters. The second-order valence-corrected chi connectivity index (χ2v) is 11.0. The van der Waals surface area contributed by atoms with Crippen LogP contribution in [0.3, 0.4) is 0 Å². The molecule has 4 rings (SSSR count). The SMILES string of the molecule is CC(C)(O)c1ccc(C2CC(C(N)=O)=C(Nc3cccc(C(=O)N[C@H]4CC[C@H](O)CC4)n3)S2)c(F)c1. The highest BCUT2D eigenvalue weighted by Crippen LogP contribution is 2.48. The van der Waals surface area contributed by atoms with Crippen molar-refractivity contribution in [3.63, 3.8) is 0 Å². The number of carbonyl (C=O) groups excluding carboxylic acids is 2. The lowest BCUT2D eigenvalue weighted by atomic mass is 9.93. The zero-order valence-electron chi connectivity index (χ0n) is 20.3. The summed E-state index contributed by atoms with van der Waals surface area (Å²) in [6.07, 6.45) is 2.66. The lowest BCUT2D eigenvalue weighted by Crippen LogP contribution is -2.38. The number of aromatic nitrogens is 1. The topological polar surface area (TPSA) is 138 Å². The number of hydrogen-bond donors (Lipinski definition) is 5. The molecule has 1 unspecified atom stereocenters. The van der Waals surface area contributed by atoms with Crippen LogP contribution in [-0.4, -0.2) is 39.2 Å². The van der Waals surface area contributed by atoms with Crippen LogP contribution in [0.5, 0.6) is 0 Å². The minimum atomic E-state index is -1.17. The molecule has 192 valence electrons. The lowest BCUT2D eigenvalue weighted by Gasteiger charge is -2.26. The Morgan fingerprint density at radius 1 is 1.17 bits per heavy atom. The molecule has 2 amide bonds. The predicted molar refractivity (Wildman–Crippen MR) is 136 cm³/mol. The number of nitrogens with zero attached hydrogens (tertiary/aromatic N) is 1. The van der Waals surface area contributed by atoms with Gasteiger partial charge in [-0.3, -0.25) is 9.59 Å². The number of halogens is 1. The van der Waals surface area contributed by atoms with E-state index < -0.39 is 17.3 Å². The predicted octanol–water partition coefficient (Wildman–Crippen LogP) is 3.47. The minimum Gasteiger partial charge on any atom is -0.393 e. The van der Waals surface area contributed by atoms with Gasteiger partial charge in [0.1, 0.15) is 17.3 Å². The van der Waals surface area contributed by atoms with Crippen LogP contribution in [0.4, 0.5) is 10.2 Å². The molecule has 2 aliphatic rings. The van der Waals surface area contributed by atoms with E-state index in [1.807, 2.05) is 0 Å². The molecule has 1 aromatic heterocycles. The molecule has 0 bridgehead atoms. The van der Waals surface area contributed by atoms with Crippen molar-refractivity contribution in [2.75, 3.05) is 5.32 Å². The van der Waals surface area contributed by atoms with Crippen LogP contribution < -0.4 is 16.4 Å². The molecule has 8 nitrogen and oxygen atoms in total. The van der Waals surface area contributed by atoms with Crippen molar-refractivity contribution < 1.29 is 24.2 Å². The Hall–Kier alpha value is -2.95. The van der Waals surface area contributed by atoms with Gasteiger partial charge in [0.05, 0.1) is 16.7 Å². The Balaban J connectivity index is 1.48. The number of nitrogens with one attached hydrogen (secondary N) is 2. The van der Waals surface area contributed by atoms with Gasteiger partial charge in [0.15, 0.2) is 0 Å². The van der Waals surface area contributed by atoms with Gasteiger partial charge in [0, 0.05) is 22.4 Å². The summed E-state index contributed by atoms with van der Waals surface area (Å²) in [7, 11) is 0. The Morgan fingerprint density at radius 2 is 1.89 bits per heavy atom. The third-order valence-electron chi connectivity index (χ3n) is 6.53. The van der Waals surface area contributed by atoms with Crippen LogP contribution in [0, 0.1) is 5.82 Å². The van der Waals surface area contributed by atoms with Gasteiger partial charge in [-0.1, -0.05) is 30.0 Å². The van der Waals surface area contributed by atoms with E-state index in [9.17, 15) is 24.2 Å². The summed E-state index contributed by atoms with van der Waals surface area (Å²) in [5.74, 6) is -1.03. The molecule has 0 saturated heterocycles. The summed E-state index contributed by atoms with van der Waals surface area (Å²) >= 11 is 1.27. The number of thioether (sulfide) groups is 1. The molecule has 1 aromatic carbocycles. The van der Waals surface area contributed by atoms with Crippen LogP contribution in [0.2, 0.25) is 0 Å². The van der Waals surface area contributed by atoms with E-state index in [0.717, 1.165) is 0 Å². The molecule has 1 fully saturated rings. The molecular weight excluding hydrogens is 483 g/mol. The fourth-order valence-corrected chi connectivity index (χ4v) is 5.76. The van der Waals surface area contributed by atoms with Gasteiger partial charge in [-0.15, -0.1) is 0 Å². The summed E-state index contributed by atoms with van der Waals surface area (Å²) in [4.78, 5) is 29.3. The van der Waals surface area contributed by atoms with Gasteiger partial charge >= 0.3 is 0 Å². The van der Waals surface area contributed by atoms with Gasteiger partial charge in [-0.25, -0.2) is 9.37 Å². The number of nitrogens with two attached hydrogens (primary N) is 1. The van der Waals surface area contributed by atoms with Crippen LogP contribution in [-0.2, 0) is 10.4 Å². The number of amides is 2. The lowest BCUT2D eigenvalue weighted by molar-refractivity contribution is -0.114. The molecule has 10 heteroatoms. The standard InChI is InChI=1S/C26H31FN4O4S/c1-26(2,35)14-6-11-17(19(27)12-14)21-13-18(23(28)33)25(36-21)31-22-5-3-4-20(30-22)24(34)29-15-7-9-16(32)10-8-15/h3-6,11-12,15-16,21,32,35H,7-10,13H2,1-2H3,(H2,28,33)(H,29,34)(H,30,31)/t15-,16-,21?. The molecule has 2 heterocycles. The second kappa shape index (κ2) is 10.6. The van der Waals surface area contributed by atoms with E-state index in [0.29, 0.717) is 53.2 Å². The van der Waals surface area contributed by atoms with Crippen molar-refractivity contribution in [1.29, 1.82) is 0 Å². The average molecular weight is 515 g/mol. The van der Waals surface area contributed by atoms with Gasteiger partial charge in [0.25, 0.3) is 5.91 Å². The molecular formula is C26H31FN4O4S. The monoisotopic (exact) mass is 514 g/mol. The van der Waals surface area contributed by atoms with Crippen molar-refractivity contribution >= 4 is 29.4 Å². The number of pyridine rings is 1. The Labute approximate surface area is 213 Å². The van der Waals surface area contributed by atoms with Gasteiger partial charge in [0.2, 0.25) is 5.91 Å². The van der Waals surface area contributed by atoms with Crippen molar-refractivity contribution in [2.45, 2.75) is 68.9 Å². The van der Waals surface area contributed by atoms with E-state index in [4.69, 9.17) is 5.73 Å². The van der Waals surface area contributed by atoms with Crippen molar-refractivity contribution in [3.8, 4) is 0 Å². The van der Waals surface area contributed by atoms with Crippen molar-refractivity contribution in [2.24, 2.45) is 5.73 Å². The van der Waals surface area contributed by atoms with Gasteiger partial charge < -0.3 is 26.6 Å². The van der Waals surface area contributed by atoms with Gasteiger partial charge in [-0.2, -0.15) is 0 Å². The smallest absolute Gasteiger partial charge is 0.270 e. The highest BCUT2D eigenvalue weighted by molar-refractivity contribution is 8.03. The zero-order valence-corrected chi connectivity index (χ0v) is 21.1. The molecule has 2 aromatic rings. The molecule has 0 spiro atoms. The summed E-state index contributed by atoms with van der Waals surface area (Å²) < 4.78 is 14.9. The number of anilines is 1. The number of aliphatic hydroxyl groups is 2. The van der Waals surface area contributed by atoms with E-state index in [-0.39, 0.29) is 35.4 Å². The van der Waals surface area contributed by atoms with Crippen molar-refractivity contribution in [1.82, 2.24) is 10.3 Å². The maximum absolute atomic E-state index is 14.9. The first kappa shape index (κ1) is 26.1. The summed E-state index contributed by atoms with van der Waals surface area (Å²) in [5, 5.41) is 25.9. The molecule has 6 N–H and O–H groups in total. The van der Waals surface area contributed by atoms with E-state index in [1.165, 1.54) is 17.8 Å². The molecule has 1 saturated carbocycles. The largest absolute Gasteiger partial charge is 0.393 e. The molecule has 1 aliphatic carbocycles. The summed E-state index contributed by atoms with van der Waals surface area (Å²) in [6.45, 7) is 3.17. The molecule has 36 heavy (non-hydrogen) atoms. The minimum absolute atomic E-state index is 0.00710. The number of benzene rings is 1. The number of rotatable bonds is 7. The molecule has 1 aliphatic heterocycles. The van der Waals surface area contributed by atoms with Gasteiger partial charge in [-0.05, 0) is 69.7 Å². The van der Waals surface area contributed by atoms with Crippen molar-refractivity contribution in [3.05, 3.63) is 69.6 Å².